The maximum Gasteiger partial charge on any atom is 0.0311 e. The highest BCUT2D eigenvalue weighted by atomic mass is 79.9. The van der Waals surface area contributed by atoms with Crippen LogP contribution in [-0.2, 0) is 0 Å². The van der Waals surface area contributed by atoms with Crippen LogP contribution >= 0.6 is 27.7 Å². The van der Waals surface area contributed by atoms with Crippen LogP contribution < -0.4 is 5.73 Å². The number of halogens is 1. The van der Waals surface area contributed by atoms with E-state index in [0.29, 0.717) is 0 Å². The van der Waals surface area contributed by atoms with Gasteiger partial charge in [-0.05, 0) is 47.8 Å². The summed E-state index contributed by atoms with van der Waals surface area (Å²) < 4.78 is 1.15. The minimum atomic E-state index is 0.244. The van der Waals surface area contributed by atoms with Gasteiger partial charge in [0.1, 0.15) is 0 Å². The largest absolute Gasteiger partial charge is 0.327 e. The van der Waals surface area contributed by atoms with Crippen molar-refractivity contribution in [2.24, 2.45) is 5.73 Å². The van der Waals surface area contributed by atoms with E-state index in [4.69, 9.17) is 5.73 Å². The fourth-order valence-electron chi connectivity index (χ4n) is 1.27. The Kier molecular flexibility index (Phi) is 6.17. The number of benzene rings is 1. The van der Waals surface area contributed by atoms with E-state index in [1.165, 1.54) is 10.5 Å². The Morgan fingerprint density at radius 2 is 2.19 bits per heavy atom. The van der Waals surface area contributed by atoms with Crippen LogP contribution in [0.5, 0.6) is 0 Å². The average molecular weight is 300 g/mol. The molecule has 1 atom stereocenters. The molecule has 1 unspecified atom stereocenters. The number of allylic oxidation sites excluding steroid dienone is 1. The molecule has 0 saturated heterocycles. The lowest BCUT2D eigenvalue weighted by Gasteiger charge is -2.11. The van der Waals surface area contributed by atoms with Gasteiger partial charge >= 0.3 is 0 Å². The van der Waals surface area contributed by atoms with Crippen molar-refractivity contribution in [1.29, 1.82) is 0 Å². The summed E-state index contributed by atoms with van der Waals surface area (Å²) in [6, 6.07) is 8.48. The Bertz CT molecular complexity index is 352. The molecule has 0 amide bonds. The molecule has 0 radical (unpaired) electrons. The first-order valence-corrected chi connectivity index (χ1v) is 7.14. The number of hydrogen-bond donors (Lipinski definition) is 1. The molecule has 88 valence electrons. The van der Waals surface area contributed by atoms with E-state index in [9.17, 15) is 0 Å². The Morgan fingerprint density at radius 3 is 2.81 bits per heavy atom. The van der Waals surface area contributed by atoms with Crippen molar-refractivity contribution in [1.82, 2.24) is 0 Å². The molecule has 0 fully saturated rings. The van der Waals surface area contributed by atoms with Crippen LogP contribution in [0.1, 0.15) is 19.8 Å². The lowest BCUT2D eigenvalue weighted by atomic mass is 10.1. The smallest absolute Gasteiger partial charge is 0.0311 e. The van der Waals surface area contributed by atoms with Gasteiger partial charge in [0, 0.05) is 21.2 Å². The minimum Gasteiger partial charge on any atom is -0.327 e. The van der Waals surface area contributed by atoms with Crippen LogP contribution in [0, 0.1) is 0 Å². The zero-order valence-corrected chi connectivity index (χ0v) is 12.0. The van der Waals surface area contributed by atoms with Crippen molar-refractivity contribution in [3.63, 3.8) is 0 Å². The zero-order chi connectivity index (χ0) is 12.0. The lowest BCUT2D eigenvalue weighted by molar-refractivity contribution is 0.672. The number of rotatable bonds is 6. The summed E-state index contributed by atoms with van der Waals surface area (Å²) in [6.45, 7) is 5.94. The van der Waals surface area contributed by atoms with Crippen LogP contribution in [0.4, 0.5) is 0 Å². The Labute approximate surface area is 111 Å². The maximum absolute atomic E-state index is 6.04. The van der Waals surface area contributed by atoms with Gasteiger partial charge in [0.25, 0.3) is 0 Å². The maximum atomic E-state index is 6.04. The Morgan fingerprint density at radius 1 is 1.50 bits per heavy atom. The fourth-order valence-corrected chi connectivity index (χ4v) is 2.84. The SMILES string of the molecule is C=C(C)CCC(N)CSc1ccccc1Br. The third kappa shape index (κ3) is 5.19. The van der Waals surface area contributed by atoms with E-state index in [-0.39, 0.29) is 6.04 Å². The van der Waals surface area contributed by atoms with Gasteiger partial charge < -0.3 is 5.73 Å². The van der Waals surface area contributed by atoms with Crippen molar-refractivity contribution < 1.29 is 0 Å². The summed E-state index contributed by atoms with van der Waals surface area (Å²) in [5.41, 5.74) is 7.25. The van der Waals surface area contributed by atoms with Crippen molar-refractivity contribution in [3.8, 4) is 0 Å². The van der Waals surface area contributed by atoms with Crippen LogP contribution in [0.3, 0.4) is 0 Å². The molecule has 0 aliphatic carbocycles. The highest BCUT2D eigenvalue weighted by Gasteiger charge is 2.05. The predicted octanol–water partition coefficient (Wildman–Crippen LogP) is 4.22. The molecule has 1 nitrogen and oxygen atoms in total. The summed E-state index contributed by atoms with van der Waals surface area (Å²) in [5.74, 6) is 0.954. The quantitative estimate of drug-likeness (QED) is 0.628. The van der Waals surface area contributed by atoms with Gasteiger partial charge in [0.05, 0.1) is 0 Å². The highest BCUT2D eigenvalue weighted by molar-refractivity contribution is 9.10. The van der Waals surface area contributed by atoms with E-state index in [0.717, 1.165) is 23.1 Å². The van der Waals surface area contributed by atoms with E-state index >= 15 is 0 Å². The molecule has 0 spiro atoms. The van der Waals surface area contributed by atoms with Gasteiger partial charge in [-0.15, -0.1) is 18.3 Å². The number of nitrogens with two attached hydrogens (primary N) is 1. The van der Waals surface area contributed by atoms with Crippen molar-refractivity contribution in [2.45, 2.75) is 30.7 Å². The van der Waals surface area contributed by atoms with Crippen LogP contribution in [-0.4, -0.2) is 11.8 Å². The highest BCUT2D eigenvalue weighted by Crippen LogP contribution is 2.27. The second-order valence-electron chi connectivity index (χ2n) is 4.00. The van der Waals surface area contributed by atoms with Crippen LogP contribution in [0.25, 0.3) is 0 Å². The summed E-state index contributed by atoms with van der Waals surface area (Å²) >= 11 is 5.34. The normalized spacial score (nSPS) is 12.4. The fraction of sp³-hybridized carbons (Fsp3) is 0.385. The molecule has 16 heavy (non-hydrogen) atoms. The van der Waals surface area contributed by atoms with Crippen molar-refractivity contribution >= 4 is 27.7 Å². The molecule has 0 bridgehead atoms. The summed E-state index contributed by atoms with van der Waals surface area (Å²) in [5, 5.41) is 0. The van der Waals surface area contributed by atoms with Crippen LogP contribution in [0.2, 0.25) is 0 Å². The molecular weight excluding hydrogens is 282 g/mol. The standard InChI is InChI=1S/C13H18BrNS/c1-10(2)7-8-11(15)9-16-13-6-4-3-5-12(13)14/h3-6,11H,1,7-9,15H2,2H3. The van der Waals surface area contributed by atoms with Gasteiger partial charge in [0.15, 0.2) is 0 Å². The second kappa shape index (κ2) is 7.15. The second-order valence-corrected chi connectivity index (χ2v) is 5.91. The monoisotopic (exact) mass is 299 g/mol. The summed E-state index contributed by atoms with van der Waals surface area (Å²) in [6.07, 6.45) is 2.05. The first-order chi connectivity index (χ1) is 7.59. The number of thioether (sulfide) groups is 1. The van der Waals surface area contributed by atoms with Crippen molar-refractivity contribution in [2.75, 3.05) is 5.75 Å². The van der Waals surface area contributed by atoms with Crippen molar-refractivity contribution in [3.05, 3.63) is 40.9 Å². The number of hydrogen-bond acceptors (Lipinski definition) is 2. The molecule has 2 N–H and O–H groups in total. The molecule has 1 rings (SSSR count). The van der Waals surface area contributed by atoms with Gasteiger partial charge in [-0.3, -0.25) is 0 Å². The minimum absolute atomic E-state index is 0.244. The molecule has 0 aliphatic heterocycles. The summed E-state index contributed by atoms with van der Waals surface area (Å²) in [7, 11) is 0. The molecule has 0 aromatic heterocycles. The molecule has 3 heteroatoms. The third-order valence-electron chi connectivity index (χ3n) is 2.23. The molecule has 0 aliphatic rings. The third-order valence-corrected chi connectivity index (χ3v) is 4.45. The molecule has 1 aromatic carbocycles. The molecule has 0 saturated carbocycles. The lowest BCUT2D eigenvalue weighted by Crippen LogP contribution is -2.22. The Hall–Kier alpha value is -0.250. The van der Waals surface area contributed by atoms with E-state index in [2.05, 4.69) is 34.6 Å². The van der Waals surface area contributed by atoms with Crippen LogP contribution in [0.15, 0.2) is 45.8 Å². The predicted molar refractivity (Wildman–Crippen MR) is 76.9 cm³/mol. The Balaban J connectivity index is 2.34. The first kappa shape index (κ1) is 13.8. The molecular formula is C13H18BrNS. The van der Waals surface area contributed by atoms with E-state index in [1.807, 2.05) is 19.1 Å². The zero-order valence-electron chi connectivity index (χ0n) is 9.58. The topological polar surface area (TPSA) is 26.0 Å². The van der Waals surface area contributed by atoms with E-state index in [1.54, 1.807) is 11.8 Å². The van der Waals surface area contributed by atoms with Gasteiger partial charge in [0.2, 0.25) is 0 Å². The van der Waals surface area contributed by atoms with E-state index < -0.39 is 0 Å². The van der Waals surface area contributed by atoms with Gasteiger partial charge in [-0.2, -0.15) is 0 Å². The first-order valence-electron chi connectivity index (χ1n) is 5.37. The molecule has 0 heterocycles. The molecule has 1 aromatic rings. The van der Waals surface area contributed by atoms with Gasteiger partial charge in [-0.1, -0.05) is 17.7 Å². The average Bonchev–Trinajstić information content (AvgIpc) is 2.25. The van der Waals surface area contributed by atoms with Gasteiger partial charge in [-0.25, -0.2) is 0 Å². The summed E-state index contributed by atoms with van der Waals surface area (Å²) in [4.78, 5) is 1.26.